The molecule has 1 aromatic carbocycles. The summed E-state index contributed by atoms with van der Waals surface area (Å²) in [6.07, 6.45) is 3.28. The van der Waals surface area contributed by atoms with E-state index in [1.54, 1.807) is 7.05 Å². The number of hydrogen-bond acceptors (Lipinski definition) is 2. The van der Waals surface area contributed by atoms with Crippen LogP contribution in [-0.4, -0.2) is 20.4 Å². The number of carbonyl (C=O) groups excluding carboxylic acids is 1. The summed E-state index contributed by atoms with van der Waals surface area (Å²) in [5.41, 5.74) is 2.02. The zero-order valence-electron chi connectivity index (χ0n) is 10.9. The molecule has 6 heteroatoms. The summed E-state index contributed by atoms with van der Waals surface area (Å²) in [5.74, 6) is -0.283. The normalized spacial score (nSPS) is 10.8. The fourth-order valence-corrected chi connectivity index (χ4v) is 2.21. The number of amides is 1. The second-order valence-electron chi connectivity index (χ2n) is 4.58. The van der Waals surface area contributed by atoms with Crippen molar-refractivity contribution in [2.75, 3.05) is 0 Å². The molecule has 3 N–H and O–H groups in total. The van der Waals surface area contributed by atoms with Crippen LogP contribution in [-0.2, 0) is 13.6 Å². The van der Waals surface area contributed by atoms with Crippen LogP contribution in [0.1, 0.15) is 16.1 Å². The number of imidazole rings is 1. The number of aromatic amines is 2. The lowest BCUT2D eigenvalue weighted by Gasteiger charge is -2.06. The zero-order chi connectivity index (χ0) is 14.1. The molecule has 1 amide bonds. The number of aromatic nitrogens is 3. The first-order chi connectivity index (χ1) is 9.66. The molecule has 6 nitrogen and oxygen atoms in total. The van der Waals surface area contributed by atoms with E-state index in [1.165, 1.54) is 10.8 Å². The number of carbonyl (C=O) groups is 1. The minimum Gasteiger partial charge on any atom is -0.361 e. The van der Waals surface area contributed by atoms with Gasteiger partial charge in [-0.3, -0.25) is 9.36 Å². The Bertz CT molecular complexity index is 825. The van der Waals surface area contributed by atoms with Crippen LogP contribution in [0.4, 0.5) is 0 Å². The minimum atomic E-state index is -0.304. The van der Waals surface area contributed by atoms with E-state index in [9.17, 15) is 9.59 Å². The summed E-state index contributed by atoms with van der Waals surface area (Å²) >= 11 is 0. The molecule has 0 aliphatic rings. The molecular weight excluding hydrogens is 256 g/mol. The number of benzene rings is 1. The number of fused-ring (bicyclic) bond motifs is 1. The van der Waals surface area contributed by atoms with E-state index in [2.05, 4.69) is 15.3 Å². The van der Waals surface area contributed by atoms with Crippen molar-refractivity contribution in [3.05, 3.63) is 58.4 Å². The first-order valence-corrected chi connectivity index (χ1v) is 6.24. The first kappa shape index (κ1) is 12.3. The Morgan fingerprint density at radius 2 is 2.15 bits per heavy atom. The molecule has 2 heterocycles. The lowest BCUT2D eigenvalue weighted by atomic mass is 10.1. The number of nitrogens with one attached hydrogen (secondary N) is 3. The highest BCUT2D eigenvalue weighted by Crippen LogP contribution is 2.16. The van der Waals surface area contributed by atoms with E-state index < -0.39 is 0 Å². The maximum absolute atomic E-state index is 12.0. The quantitative estimate of drug-likeness (QED) is 0.666. The average molecular weight is 270 g/mol. The zero-order valence-corrected chi connectivity index (χ0v) is 10.9. The Morgan fingerprint density at radius 1 is 1.30 bits per heavy atom. The van der Waals surface area contributed by atoms with Gasteiger partial charge in [0.2, 0.25) is 0 Å². The highest BCUT2D eigenvalue weighted by Gasteiger charge is 2.11. The van der Waals surface area contributed by atoms with Crippen molar-refractivity contribution in [2.24, 2.45) is 7.05 Å². The Balaban J connectivity index is 1.80. The molecule has 0 unspecified atom stereocenters. The maximum atomic E-state index is 12.0. The van der Waals surface area contributed by atoms with Crippen LogP contribution in [0.25, 0.3) is 10.9 Å². The molecule has 102 valence electrons. The maximum Gasteiger partial charge on any atom is 0.325 e. The molecule has 2 aromatic heterocycles. The van der Waals surface area contributed by atoms with Gasteiger partial charge in [-0.1, -0.05) is 18.2 Å². The first-order valence-electron chi connectivity index (χ1n) is 6.24. The van der Waals surface area contributed by atoms with Gasteiger partial charge in [-0.2, -0.15) is 0 Å². The van der Waals surface area contributed by atoms with Gasteiger partial charge in [0.25, 0.3) is 5.91 Å². The smallest absolute Gasteiger partial charge is 0.325 e. The second-order valence-corrected chi connectivity index (χ2v) is 4.58. The van der Waals surface area contributed by atoms with Gasteiger partial charge in [-0.25, -0.2) is 4.79 Å². The van der Waals surface area contributed by atoms with Crippen molar-refractivity contribution >= 4 is 16.8 Å². The molecule has 0 saturated carbocycles. The van der Waals surface area contributed by atoms with Gasteiger partial charge >= 0.3 is 5.69 Å². The average Bonchev–Trinajstić information content (AvgIpc) is 3.04. The summed E-state index contributed by atoms with van der Waals surface area (Å²) in [4.78, 5) is 28.9. The number of hydrogen-bond donors (Lipinski definition) is 3. The minimum absolute atomic E-state index is 0.283. The summed E-state index contributed by atoms with van der Waals surface area (Å²) < 4.78 is 1.28. The lowest BCUT2D eigenvalue weighted by molar-refractivity contribution is 0.0942. The van der Waals surface area contributed by atoms with Crippen LogP contribution in [0.5, 0.6) is 0 Å². The van der Waals surface area contributed by atoms with Gasteiger partial charge in [0, 0.05) is 26.0 Å². The number of para-hydroxylation sites is 1. The van der Waals surface area contributed by atoms with Crippen molar-refractivity contribution in [3.63, 3.8) is 0 Å². The van der Waals surface area contributed by atoms with Gasteiger partial charge in [0.15, 0.2) is 0 Å². The molecule has 0 radical (unpaired) electrons. The molecule has 0 bridgehead atoms. The van der Waals surface area contributed by atoms with E-state index in [0.717, 1.165) is 16.5 Å². The molecule has 0 aliphatic heterocycles. The van der Waals surface area contributed by atoms with Gasteiger partial charge in [0.05, 0.1) is 5.52 Å². The Labute approximate surface area is 114 Å². The predicted molar refractivity (Wildman–Crippen MR) is 75.5 cm³/mol. The molecule has 0 spiro atoms. The number of nitrogens with zero attached hydrogens (tertiary/aromatic N) is 1. The number of H-pyrrole nitrogens is 2. The van der Waals surface area contributed by atoms with Crippen molar-refractivity contribution < 1.29 is 4.79 Å². The summed E-state index contributed by atoms with van der Waals surface area (Å²) in [7, 11) is 1.55. The van der Waals surface area contributed by atoms with Crippen LogP contribution in [0.3, 0.4) is 0 Å². The Morgan fingerprint density at radius 3 is 2.90 bits per heavy atom. The third-order valence-electron chi connectivity index (χ3n) is 3.34. The van der Waals surface area contributed by atoms with Crippen LogP contribution < -0.4 is 11.0 Å². The lowest BCUT2D eigenvalue weighted by Crippen LogP contribution is -2.27. The Hall–Kier alpha value is -2.76. The molecule has 3 rings (SSSR count). The SMILES string of the molecule is Cn1c(C(=O)NCc2cccc3cc[nH]c23)c[nH]c1=O. The van der Waals surface area contributed by atoms with Crippen LogP contribution in [0.15, 0.2) is 41.5 Å². The van der Waals surface area contributed by atoms with Gasteiger partial charge in [-0.05, 0) is 17.0 Å². The number of rotatable bonds is 3. The fourth-order valence-electron chi connectivity index (χ4n) is 2.21. The Kier molecular flexibility index (Phi) is 2.90. The highest BCUT2D eigenvalue weighted by atomic mass is 16.2. The molecule has 0 saturated heterocycles. The highest BCUT2D eigenvalue weighted by molar-refractivity contribution is 5.92. The van der Waals surface area contributed by atoms with Gasteiger partial charge < -0.3 is 15.3 Å². The second kappa shape index (κ2) is 4.73. The molecule has 20 heavy (non-hydrogen) atoms. The third kappa shape index (κ3) is 2.01. The van der Waals surface area contributed by atoms with Crippen LogP contribution >= 0.6 is 0 Å². The van der Waals surface area contributed by atoms with E-state index in [4.69, 9.17) is 0 Å². The predicted octanol–water partition coefficient (Wildman–Crippen LogP) is 1.12. The molecule has 3 aromatic rings. The van der Waals surface area contributed by atoms with Crippen LogP contribution in [0, 0.1) is 0 Å². The van der Waals surface area contributed by atoms with Gasteiger partial charge in [-0.15, -0.1) is 0 Å². The van der Waals surface area contributed by atoms with E-state index >= 15 is 0 Å². The molecule has 0 fully saturated rings. The molecular formula is C14H14N4O2. The summed E-state index contributed by atoms with van der Waals surface area (Å²) in [5, 5.41) is 3.92. The van der Waals surface area contributed by atoms with Crippen molar-refractivity contribution in [3.8, 4) is 0 Å². The summed E-state index contributed by atoms with van der Waals surface area (Å²) in [6, 6.07) is 7.89. The van der Waals surface area contributed by atoms with Gasteiger partial charge in [0.1, 0.15) is 5.69 Å². The van der Waals surface area contributed by atoms with Crippen molar-refractivity contribution in [2.45, 2.75) is 6.54 Å². The topological polar surface area (TPSA) is 82.7 Å². The van der Waals surface area contributed by atoms with Crippen LogP contribution in [0.2, 0.25) is 0 Å². The largest absolute Gasteiger partial charge is 0.361 e. The van der Waals surface area contributed by atoms with E-state index in [0.29, 0.717) is 12.2 Å². The van der Waals surface area contributed by atoms with E-state index in [-0.39, 0.29) is 11.6 Å². The summed E-state index contributed by atoms with van der Waals surface area (Å²) in [6.45, 7) is 0.399. The third-order valence-corrected chi connectivity index (χ3v) is 3.34. The fraction of sp³-hybridized carbons (Fsp3) is 0.143. The monoisotopic (exact) mass is 270 g/mol. The molecule has 0 aliphatic carbocycles. The standard InChI is InChI=1S/C14H14N4O2/c1-18-11(8-17-14(18)20)13(19)16-7-10-4-2-3-9-5-6-15-12(9)10/h2-6,8,15H,7H2,1H3,(H,16,19)(H,17,20). The van der Waals surface area contributed by atoms with Crippen molar-refractivity contribution in [1.82, 2.24) is 19.9 Å². The van der Waals surface area contributed by atoms with E-state index in [1.807, 2.05) is 30.5 Å². The van der Waals surface area contributed by atoms with Crippen molar-refractivity contribution in [1.29, 1.82) is 0 Å². The molecule has 0 atom stereocenters.